The molecule has 0 amide bonds. The first kappa shape index (κ1) is 14.9. The molecule has 0 aliphatic carbocycles. The quantitative estimate of drug-likeness (QED) is 0.813. The van der Waals surface area contributed by atoms with Crippen molar-refractivity contribution >= 4 is 21.6 Å². The zero-order valence-electron chi connectivity index (χ0n) is 10.8. The highest BCUT2D eigenvalue weighted by Gasteiger charge is 2.25. The van der Waals surface area contributed by atoms with Crippen molar-refractivity contribution in [3.63, 3.8) is 0 Å². The lowest BCUT2D eigenvalue weighted by molar-refractivity contribution is 0.133. The summed E-state index contributed by atoms with van der Waals surface area (Å²) in [5.41, 5.74) is -0.228. The van der Waals surface area contributed by atoms with Gasteiger partial charge in [-0.3, -0.25) is 4.79 Å². The number of hydrogen-bond acceptors (Lipinski definition) is 4. The molecule has 1 heterocycles. The third-order valence-corrected chi connectivity index (χ3v) is 3.55. The average molecular weight is 316 g/mol. The zero-order chi connectivity index (χ0) is 13.9. The van der Waals surface area contributed by atoms with Gasteiger partial charge in [-0.15, -0.1) is 6.58 Å². The van der Waals surface area contributed by atoms with Crippen LogP contribution in [0.4, 0.5) is 5.69 Å². The second-order valence-electron chi connectivity index (χ2n) is 4.67. The number of nitrogens with one attached hydrogen (secondary N) is 1. The molecule has 0 spiro atoms. The van der Waals surface area contributed by atoms with Gasteiger partial charge in [-0.2, -0.15) is 5.10 Å². The summed E-state index contributed by atoms with van der Waals surface area (Å²) >= 11 is 3.25. The van der Waals surface area contributed by atoms with E-state index in [4.69, 9.17) is 0 Å². The topological polar surface area (TPSA) is 67.2 Å². The molecule has 0 aliphatic rings. The van der Waals surface area contributed by atoms with E-state index in [-0.39, 0.29) is 5.56 Å². The molecule has 0 aromatic carbocycles. The van der Waals surface area contributed by atoms with Crippen LogP contribution in [0.1, 0.15) is 20.8 Å². The van der Waals surface area contributed by atoms with Crippen LogP contribution < -0.4 is 10.9 Å². The largest absolute Gasteiger partial charge is 0.391 e. The minimum absolute atomic E-state index is 0.235. The van der Waals surface area contributed by atoms with E-state index >= 15 is 0 Å². The van der Waals surface area contributed by atoms with Crippen LogP contribution in [0.5, 0.6) is 0 Å². The predicted octanol–water partition coefficient (Wildman–Crippen LogP) is 1.76. The van der Waals surface area contributed by atoms with Gasteiger partial charge in [-0.25, -0.2) is 4.68 Å². The van der Waals surface area contributed by atoms with Crippen molar-refractivity contribution in [2.75, 3.05) is 5.32 Å². The van der Waals surface area contributed by atoms with E-state index in [9.17, 15) is 9.90 Å². The molecule has 5 nitrogen and oxygen atoms in total. The number of halogens is 1. The molecule has 1 unspecified atom stereocenters. The van der Waals surface area contributed by atoms with Crippen molar-refractivity contribution in [3.8, 4) is 0 Å². The van der Waals surface area contributed by atoms with E-state index in [0.717, 1.165) is 0 Å². The van der Waals surface area contributed by atoms with Gasteiger partial charge in [0.25, 0.3) is 5.56 Å². The summed E-state index contributed by atoms with van der Waals surface area (Å²) in [4.78, 5) is 11.9. The fraction of sp³-hybridized carbons (Fsp3) is 0.500. The Hall–Kier alpha value is -1.14. The average Bonchev–Trinajstić information content (AvgIpc) is 2.28. The molecule has 2 N–H and O–H groups in total. The molecular weight excluding hydrogens is 298 g/mol. The Morgan fingerprint density at radius 3 is 2.83 bits per heavy atom. The van der Waals surface area contributed by atoms with Crippen LogP contribution >= 0.6 is 15.9 Å². The summed E-state index contributed by atoms with van der Waals surface area (Å²) in [6.07, 6.45) is 2.59. The smallest absolute Gasteiger partial charge is 0.283 e. The van der Waals surface area contributed by atoms with E-state index in [1.807, 2.05) is 13.8 Å². The van der Waals surface area contributed by atoms with Crippen LogP contribution in [0.3, 0.4) is 0 Å². The number of nitrogens with zero attached hydrogens (tertiary/aromatic N) is 2. The van der Waals surface area contributed by atoms with Gasteiger partial charge in [-0.1, -0.05) is 6.08 Å². The molecule has 18 heavy (non-hydrogen) atoms. The number of aromatic nitrogens is 2. The zero-order valence-corrected chi connectivity index (χ0v) is 12.4. The first-order chi connectivity index (χ1) is 8.29. The van der Waals surface area contributed by atoms with Gasteiger partial charge in [0, 0.05) is 0 Å². The van der Waals surface area contributed by atoms with Gasteiger partial charge < -0.3 is 10.4 Å². The number of hydrogen-bond donors (Lipinski definition) is 2. The molecule has 0 bridgehead atoms. The molecule has 0 aliphatic heterocycles. The molecule has 6 heteroatoms. The Labute approximate surface area is 115 Å². The van der Waals surface area contributed by atoms with Gasteiger partial charge in [0.1, 0.15) is 4.47 Å². The highest BCUT2D eigenvalue weighted by Crippen LogP contribution is 2.22. The van der Waals surface area contributed by atoms with Gasteiger partial charge in [0.15, 0.2) is 0 Å². The fourth-order valence-corrected chi connectivity index (χ4v) is 1.66. The molecular formula is C12H18BrN3O2. The Morgan fingerprint density at radius 1 is 1.72 bits per heavy atom. The Bertz CT molecular complexity index is 495. The molecule has 0 radical (unpaired) electrons. The van der Waals surface area contributed by atoms with Gasteiger partial charge in [-0.05, 0) is 36.7 Å². The van der Waals surface area contributed by atoms with Crippen LogP contribution in [0.25, 0.3) is 0 Å². The van der Waals surface area contributed by atoms with Crippen LogP contribution in [-0.4, -0.2) is 26.5 Å². The minimum Gasteiger partial charge on any atom is -0.391 e. The summed E-state index contributed by atoms with van der Waals surface area (Å²) in [5.74, 6) is 0. The summed E-state index contributed by atoms with van der Waals surface area (Å²) in [7, 11) is 0. The van der Waals surface area contributed by atoms with Gasteiger partial charge in [0.05, 0.1) is 30.1 Å². The highest BCUT2D eigenvalue weighted by molar-refractivity contribution is 9.10. The first-order valence-corrected chi connectivity index (χ1v) is 6.41. The lowest BCUT2D eigenvalue weighted by Gasteiger charge is -2.30. The van der Waals surface area contributed by atoms with E-state index in [2.05, 4.69) is 32.9 Å². The third kappa shape index (κ3) is 3.20. The predicted molar refractivity (Wildman–Crippen MR) is 75.8 cm³/mol. The summed E-state index contributed by atoms with van der Waals surface area (Å²) in [5, 5.41) is 16.8. The molecule has 100 valence electrons. The lowest BCUT2D eigenvalue weighted by atomic mass is 9.98. The maximum Gasteiger partial charge on any atom is 0.283 e. The third-order valence-electron chi connectivity index (χ3n) is 2.79. The van der Waals surface area contributed by atoms with E-state index in [0.29, 0.717) is 16.7 Å². The van der Waals surface area contributed by atoms with Gasteiger partial charge >= 0.3 is 0 Å². The van der Waals surface area contributed by atoms with Crippen molar-refractivity contribution in [1.29, 1.82) is 0 Å². The van der Waals surface area contributed by atoms with Crippen molar-refractivity contribution < 1.29 is 5.11 Å². The second kappa shape index (κ2) is 5.67. The Morgan fingerprint density at radius 2 is 2.33 bits per heavy atom. The number of aliphatic hydroxyl groups is 1. The number of rotatable bonds is 5. The van der Waals surface area contributed by atoms with Crippen LogP contribution in [0.15, 0.2) is 28.1 Å². The second-order valence-corrected chi connectivity index (χ2v) is 5.46. The van der Waals surface area contributed by atoms with Crippen molar-refractivity contribution in [2.24, 2.45) is 0 Å². The van der Waals surface area contributed by atoms with E-state index in [1.165, 1.54) is 4.68 Å². The summed E-state index contributed by atoms with van der Waals surface area (Å²) in [6.45, 7) is 9.31. The van der Waals surface area contributed by atoms with Crippen LogP contribution in [0.2, 0.25) is 0 Å². The normalized spacial score (nSPS) is 13.2. The van der Waals surface area contributed by atoms with Gasteiger partial charge in [0.2, 0.25) is 0 Å². The first-order valence-electron chi connectivity index (χ1n) is 5.62. The molecule has 1 atom stereocenters. The van der Waals surface area contributed by atoms with E-state index in [1.54, 1.807) is 19.2 Å². The van der Waals surface area contributed by atoms with Crippen molar-refractivity contribution in [2.45, 2.75) is 39.0 Å². The molecule has 1 aromatic rings. The standard InChI is InChI=1S/C12H18BrN3O2/c1-5-6-16-11(18)10(13)9(7-14-16)15-12(3,4)8(2)17/h5,7-8,15,17H,1,6H2,2-4H3. The summed E-state index contributed by atoms with van der Waals surface area (Å²) < 4.78 is 1.70. The van der Waals surface area contributed by atoms with Crippen molar-refractivity contribution in [1.82, 2.24) is 9.78 Å². The number of aliphatic hydroxyl groups excluding tert-OH is 1. The maximum atomic E-state index is 11.9. The summed E-state index contributed by atoms with van der Waals surface area (Å²) in [6, 6.07) is 0. The molecule has 1 rings (SSSR count). The van der Waals surface area contributed by atoms with Crippen molar-refractivity contribution in [3.05, 3.63) is 33.7 Å². The highest BCUT2D eigenvalue weighted by atomic mass is 79.9. The minimum atomic E-state index is -0.569. The maximum absolute atomic E-state index is 11.9. The SMILES string of the molecule is C=CCn1ncc(NC(C)(C)C(C)O)c(Br)c1=O. The lowest BCUT2D eigenvalue weighted by Crippen LogP contribution is -2.42. The Kier molecular flexibility index (Phi) is 4.70. The van der Waals surface area contributed by atoms with Crippen LogP contribution in [-0.2, 0) is 6.54 Å². The molecule has 0 saturated heterocycles. The monoisotopic (exact) mass is 315 g/mol. The number of allylic oxidation sites excluding steroid dienone is 1. The Balaban J connectivity index is 3.10. The van der Waals surface area contributed by atoms with E-state index < -0.39 is 11.6 Å². The van der Waals surface area contributed by atoms with Crippen LogP contribution in [0, 0.1) is 0 Å². The molecule has 0 saturated carbocycles. The fourth-order valence-electron chi connectivity index (χ4n) is 1.26. The number of anilines is 1. The molecule has 0 fully saturated rings. The molecule has 1 aromatic heterocycles.